The molecular weight excluding hydrogens is 1200 g/mol. The van der Waals surface area contributed by atoms with Crippen molar-refractivity contribution < 1.29 is 31.1 Å². The zero-order chi connectivity index (χ0) is 48.4. The van der Waals surface area contributed by atoms with Crippen LogP contribution in [0, 0.1) is 0 Å². The van der Waals surface area contributed by atoms with Crippen molar-refractivity contribution in [3.05, 3.63) is 209 Å². The third-order valence-electron chi connectivity index (χ3n) is 9.42. The second-order valence-electron chi connectivity index (χ2n) is 14.1. The molecule has 0 spiro atoms. The van der Waals surface area contributed by atoms with E-state index in [0.717, 1.165) is 49.1 Å². The summed E-state index contributed by atoms with van der Waals surface area (Å²) in [5, 5.41) is 18.2. The molecule has 6 aromatic carbocycles. The maximum absolute atomic E-state index is 8.49. The van der Waals surface area contributed by atoms with Crippen LogP contribution in [-0.2, 0) is 0 Å². The van der Waals surface area contributed by atoms with Crippen molar-refractivity contribution in [3.63, 3.8) is 0 Å². The number of halogens is 5. The number of benzene rings is 6. The van der Waals surface area contributed by atoms with Gasteiger partial charge in [0, 0.05) is 65.9 Å². The molecule has 0 unspecified atom stereocenters. The van der Waals surface area contributed by atoms with Gasteiger partial charge < -0.3 is 10.0 Å². The number of hydrogen-bond acceptors (Lipinski definition) is 13. The second kappa shape index (κ2) is 26.1. The number of aromatic nitrogens is 10. The molecule has 0 saturated heterocycles. The predicted octanol–water partition coefficient (Wildman–Crippen LogP) is 7.76. The molecule has 13 nitrogen and oxygen atoms in total. The van der Waals surface area contributed by atoms with Gasteiger partial charge in [0.05, 0.1) is 11.3 Å². The zero-order valence-corrected chi connectivity index (χ0v) is 43.2. The summed E-state index contributed by atoms with van der Waals surface area (Å²) in [6, 6.07) is 54.1. The van der Waals surface area contributed by atoms with Gasteiger partial charge in [-0.3, -0.25) is 0 Å². The molecule has 3 N–H and O–H groups in total. The van der Waals surface area contributed by atoms with E-state index in [1.807, 2.05) is 182 Å². The van der Waals surface area contributed by atoms with E-state index in [0.29, 0.717) is 45.0 Å². The van der Waals surface area contributed by atoms with Crippen LogP contribution >= 0.6 is 57.7 Å². The molecule has 0 bridgehead atoms. The fourth-order valence-electron chi connectivity index (χ4n) is 6.34. The molecule has 0 radical (unpaired) electrons. The van der Waals surface area contributed by atoms with Crippen molar-refractivity contribution in [3.8, 4) is 79.6 Å². The van der Waals surface area contributed by atoms with Crippen molar-refractivity contribution in [1.82, 2.24) is 49.8 Å². The standard InChI is InChI=1S/C25H16ClN5.C21H13BrClN3.C4H5BN2O2.HI2O/c26-21-14-19(22-11-12-27-16-28-22)13-20(15-21)25-30-23(17-7-3-1-4-8-17)29-24(31-25)18-9-5-2-6-10-18;22-17-11-16(12-18(23)13-17)21-25-19(14-7-3-1-4-8-14)24-20(26-21)15-9-5-2-6-10-15;8-5(9)4-1-2-6-3-7-4;1-2-3/h1-16H;1-13H;1-3,8-9H;3H/q;;;-1. The second-order valence-corrected chi connectivity index (χ2v) is 18.7. The summed E-state index contributed by atoms with van der Waals surface area (Å²) in [6.45, 7) is 0. The first-order valence-electron chi connectivity index (χ1n) is 20.5. The molecular formula is C50H35BBrCl2I2N10O3-. The molecule has 10 aromatic rings. The summed E-state index contributed by atoms with van der Waals surface area (Å²) in [5.41, 5.74) is 7.20. The van der Waals surface area contributed by atoms with Gasteiger partial charge in [-0.15, -0.1) is 0 Å². The Labute approximate surface area is 436 Å². The first-order chi connectivity index (χ1) is 33.7. The van der Waals surface area contributed by atoms with Crippen LogP contribution in [0.3, 0.4) is 0 Å². The number of rotatable bonds is 8. The average molecular weight is 1240 g/mol. The van der Waals surface area contributed by atoms with Gasteiger partial charge in [-0.2, -0.15) is 0 Å². The summed E-state index contributed by atoms with van der Waals surface area (Å²) in [7, 11) is -1.49. The molecule has 0 fully saturated rings. The van der Waals surface area contributed by atoms with E-state index in [2.05, 4.69) is 50.8 Å². The number of nitrogens with zero attached hydrogens (tertiary/aromatic N) is 10. The van der Waals surface area contributed by atoms with Crippen LogP contribution in [0.25, 0.3) is 79.6 Å². The van der Waals surface area contributed by atoms with Crippen molar-refractivity contribution in [2.45, 2.75) is 0 Å². The van der Waals surface area contributed by atoms with Gasteiger partial charge in [0.2, 0.25) is 0 Å². The quantitative estimate of drug-likeness (QED) is 0.0990. The Bertz CT molecular complexity index is 3060. The van der Waals surface area contributed by atoms with Crippen molar-refractivity contribution in [2.24, 2.45) is 0 Å². The zero-order valence-electron chi connectivity index (χ0n) is 35.8. The topological polar surface area (TPSA) is 190 Å². The SMILES string of the molecule is Clc1cc(-c2ccncn2)cc(-c2nc(-c3ccccc3)nc(-c3ccccc3)n2)c1.Clc1cc(Br)cc(-c2nc(-c3ccccc3)nc(-c3ccccc3)n2)c1.OB(O)c1ccncn1.O[I-]I. The van der Waals surface area contributed by atoms with Crippen LogP contribution in [-0.4, -0.2) is 70.4 Å². The Balaban J connectivity index is 0.000000166. The third kappa shape index (κ3) is 15.0. The summed E-state index contributed by atoms with van der Waals surface area (Å²) in [5.74, 6) is 3.60. The molecule has 10 rings (SSSR count). The molecule has 4 heterocycles. The Kier molecular flexibility index (Phi) is 19.2. The molecule has 0 aliphatic heterocycles. The van der Waals surface area contributed by atoms with Crippen LogP contribution in [0.1, 0.15) is 0 Å². The number of hydrogen-bond donors (Lipinski definition) is 3. The third-order valence-corrected chi connectivity index (χ3v) is 10.3. The van der Waals surface area contributed by atoms with E-state index in [1.54, 1.807) is 6.20 Å². The van der Waals surface area contributed by atoms with Gasteiger partial charge in [0.1, 0.15) is 12.7 Å². The Morgan fingerprint density at radius 3 is 1.12 bits per heavy atom. The molecule has 69 heavy (non-hydrogen) atoms. The fourth-order valence-corrected chi connectivity index (χ4v) is 7.44. The molecule has 342 valence electrons. The molecule has 0 aliphatic rings. The fraction of sp³-hybridized carbons (Fsp3) is 0. The minimum absolute atomic E-state index is 0.213. The molecule has 0 saturated carbocycles. The van der Waals surface area contributed by atoms with E-state index >= 15 is 0 Å². The van der Waals surface area contributed by atoms with Crippen LogP contribution in [0.4, 0.5) is 0 Å². The summed E-state index contributed by atoms with van der Waals surface area (Å²) < 4.78 is 8.54. The van der Waals surface area contributed by atoms with Crippen LogP contribution < -0.4 is 23.2 Å². The normalized spacial score (nSPS) is 10.4. The average Bonchev–Trinajstić information content (AvgIpc) is 3.40. The minimum atomic E-state index is -1.49. The summed E-state index contributed by atoms with van der Waals surface area (Å²) in [4.78, 5) is 43.8. The first kappa shape index (κ1) is 50.8. The van der Waals surface area contributed by atoms with Crippen molar-refractivity contribution >= 4 is 70.5 Å². The Morgan fingerprint density at radius 2 is 0.783 bits per heavy atom. The van der Waals surface area contributed by atoms with Gasteiger partial charge in [-0.1, -0.05) is 160 Å². The van der Waals surface area contributed by atoms with Crippen LogP contribution in [0.2, 0.25) is 10.0 Å². The summed E-state index contributed by atoms with van der Waals surface area (Å²) in [6.07, 6.45) is 5.92. The molecule has 0 atom stereocenters. The van der Waals surface area contributed by atoms with Gasteiger partial charge >= 0.3 is 46.8 Å². The molecule has 19 heteroatoms. The Hall–Kier alpha value is -6.04. The van der Waals surface area contributed by atoms with Gasteiger partial charge in [-0.25, -0.2) is 49.8 Å². The molecule has 0 aliphatic carbocycles. The summed E-state index contributed by atoms with van der Waals surface area (Å²) >= 11 is 17.7. The van der Waals surface area contributed by atoms with Crippen molar-refractivity contribution in [1.29, 1.82) is 0 Å². The monoisotopic (exact) mass is 1240 g/mol. The first-order valence-corrected chi connectivity index (χ1v) is 29.3. The van der Waals surface area contributed by atoms with Gasteiger partial charge in [-0.05, 0) is 48.5 Å². The van der Waals surface area contributed by atoms with Gasteiger partial charge in [0.15, 0.2) is 34.9 Å². The predicted molar refractivity (Wildman–Crippen MR) is 279 cm³/mol. The van der Waals surface area contributed by atoms with E-state index < -0.39 is 24.8 Å². The molecule has 4 aromatic heterocycles. The van der Waals surface area contributed by atoms with E-state index in [1.165, 1.54) is 24.9 Å². The molecule has 0 amide bonds. The van der Waals surface area contributed by atoms with E-state index in [9.17, 15) is 0 Å². The van der Waals surface area contributed by atoms with Crippen molar-refractivity contribution in [2.75, 3.05) is 0 Å². The van der Waals surface area contributed by atoms with E-state index in [4.69, 9.17) is 51.6 Å². The Morgan fingerprint density at radius 1 is 0.435 bits per heavy atom. The van der Waals surface area contributed by atoms with Crippen LogP contribution in [0.5, 0.6) is 0 Å². The van der Waals surface area contributed by atoms with Gasteiger partial charge in [0.25, 0.3) is 0 Å². The van der Waals surface area contributed by atoms with E-state index in [-0.39, 0.29) is 5.59 Å². The van der Waals surface area contributed by atoms with Crippen LogP contribution in [0.15, 0.2) is 199 Å². The maximum atomic E-state index is 8.49.